The summed E-state index contributed by atoms with van der Waals surface area (Å²) < 4.78 is 19.4. The zero-order valence-electron chi connectivity index (χ0n) is 13.6. The molecule has 0 aromatic heterocycles. The molecule has 0 radical (unpaired) electrons. The summed E-state index contributed by atoms with van der Waals surface area (Å²) in [6.07, 6.45) is 3.02. The van der Waals surface area contributed by atoms with Crippen molar-refractivity contribution in [1.29, 1.82) is 0 Å². The molecule has 3 nitrogen and oxygen atoms in total. The highest BCUT2D eigenvalue weighted by molar-refractivity contribution is 6.32. The van der Waals surface area contributed by atoms with E-state index in [1.165, 1.54) is 19.3 Å². The largest absolute Gasteiger partial charge is 0.372 e. The van der Waals surface area contributed by atoms with Crippen LogP contribution in [0.4, 0.5) is 4.39 Å². The van der Waals surface area contributed by atoms with Gasteiger partial charge >= 0.3 is 0 Å². The van der Waals surface area contributed by atoms with Gasteiger partial charge in [0.2, 0.25) is 5.91 Å². The quantitative estimate of drug-likeness (QED) is 0.796. The lowest BCUT2D eigenvalue weighted by atomic mass is 9.95. The number of rotatable bonds is 6. The molecule has 2 aromatic carbocycles. The van der Waals surface area contributed by atoms with E-state index < -0.39 is 5.60 Å². The minimum atomic E-state index is -0.959. The fraction of sp³-hybridized carbons (Fsp3) is 0.211. The van der Waals surface area contributed by atoms with Gasteiger partial charge in [0.05, 0.1) is 6.54 Å². The van der Waals surface area contributed by atoms with Crippen molar-refractivity contribution in [3.05, 3.63) is 76.6 Å². The molecule has 24 heavy (non-hydrogen) atoms. The van der Waals surface area contributed by atoms with Crippen molar-refractivity contribution in [3.63, 3.8) is 0 Å². The van der Waals surface area contributed by atoms with Crippen LogP contribution >= 0.6 is 11.6 Å². The Hall–Kier alpha value is -2.17. The number of ether oxygens (including phenoxy) is 1. The Bertz CT molecular complexity index is 748. The average molecular weight is 348 g/mol. The van der Waals surface area contributed by atoms with E-state index in [2.05, 4.69) is 5.32 Å². The van der Waals surface area contributed by atoms with E-state index in [1.54, 1.807) is 37.3 Å². The van der Waals surface area contributed by atoms with Gasteiger partial charge in [-0.3, -0.25) is 4.79 Å². The summed E-state index contributed by atoms with van der Waals surface area (Å²) in [5, 5.41) is 3.29. The number of hydrogen-bond acceptors (Lipinski definition) is 2. The van der Waals surface area contributed by atoms with Crippen molar-refractivity contribution < 1.29 is 13.9 Å². The first-order valence-electron chi connectivity index (χ1n) is 7.47. The number of carbonyl (C=O) groups excluding carboxylic acids is 1. The average Bonchev–Trinajstić information content (AvgIpc) is 2.59. The van der Waals surface area contributed by atoms with Gasteiger partial charge in [-0.15, -0.1) is 0 Å². The maximum atomic E-state index is 14.0. The number of hydrogen-bond donors (Lipinski definition) is 1. The van der Waals surface area contributed by atoms with Crippen LogP contribution in [0.1, 0.15) is 18.1 Å². The molecule has 1 N–H and O–H groups in total. The first-order chi connectivity index (χ1) is 11.5. The normalized spacial score (nSPS) is 13.7. The standard InChI is InChI=1S/C19H19ClFNO2/c1-19(24-2,15-8-4-6-10-17(15)21)13-22-18(23)12-11-14-7-3-5-9-16(14)20/h3-12H,13H2,1-2H3,(H,22,23)/b12-11+. The fourth-order valence-electron chi connectivity index (χ4n) is 2.26. The van der Waals surface area contributed by atoms with Gasteiger partial charge in [0.1, 0.15) is 11.4 Å². The predicted octanol–water partition coefficient (Wildman–Crippen LogP) is 4.17. The van der Waals surface area contributed by atoms with Crippen LogP contribution in [0.25, 0.3) is 6.08 Å². The Morgan fingerprint density at radius 2 is 1.92 bits per heavy atom. The molecule has 0 saturated carbocycles. The van der Waals surface area contributed by atoms with E-state index in [0.717, 1.165) is 5.56 Å². The van der Waals surface area contributed by atoms with Gasteiger partial charge in [0, 0.05) is 23.8 Å². The van der Waals surface area contributed by atoms with Crippen molar-refractivity contribution in [2.24, 2.45) is 0 Å². The van der Waals surface area contributed by atoms with Crippen molar-refractivity contribution in [3.8, 4) is 0 Å². The smallest absolute Gasteiger partial charge is 0.244 e. The van der Waals surface area contributed by atoms with E-state index in [1.807, 2.05) is 18.2 Å². The van der Waals surface area contributed by atoms with Crippen LogP contribution < -0.4 is 5.32 Å². The molecule has 0 aliphatic carbocycles. The lowest BCUT2D eigenvalue weighted by Gasteiger charge is -2.29. The maximum Gasteiger partial charge on any atom is 0.244 e. The SMILES string of the molecule is COC(C)(CNC(=O)/C=C/c1ccccc1Cl)c1ccccc1F. The molecular weight excluding hydrogens is 329 g/mol. The molecular formula is C19H19ClFNO2. The molecule has 0 heterocycles. The Balaban J connectivity index is 2.04. The number of nitrogens with one attached hydrogen (secondary N) is 1. The summed E-state index contributed by atoms with van der Waals surface area (Å²) >= 11 is 6.03. The Morgan fingerprint density at radius 3 is 2.58 bits per heavy atom. The topological polar surface area (TPSA) is 38.3 Å². The van der Waals surface area contributed by atoms with E-state index in [9.17, 15) is 9.18 Å². The number of benzene rings is 2. The van der Waals surface area contributed by atoms with Gasteiger partial charge in [-0.05, 0) is 30.7 Å². The summed E-state index contributed by atoms with van der Waals surface area (Å²) in [4.78, 5) is 12.0. The first kappa shape index (κ1) is 18.2. The predicted molar refractivity (Wildman–Crippen MR) is 94.3 cm³/mol. The van der Waals surface area contributed by atoms with E-state index in [0.29, 0.717) is 10.6 Å². The minimum absolute atomic E-state index is 0.135. The molecule has 0 aliphatic heterocycles. The third kappa shape index (κ3) is 4.43. The third-order valence-corrected chi connectivity index (χ3v) is 4.16. The van der Waals surface area contributed by atoms with Crippen molar-refractivity contribution >= 4 is 23.6 Å². The number of methoxy groups -OCH3 is 1. The van der Waals surface area contributed by atoms with E-state index >= 15 is 0 Å². The van der Waals surface area contributed by atoms with Gasteiger partial charge < -0.3 is 10.1 Å². The van der Waals surface area contributed by atoms with Crippen molar-refractivity contribution in [1.82, 2.24) is 5.32 Å². The van der Waals surface area contributed by atoms with E-state index in [-0.39, 0.29) is 18.3 Å². The summed E-state index contributed by atoms with van der Waals surface area (Å²) in [7, 11) is 1.48. The molecule has 0 saturated heterocycles. The molecule has 126 valence electrons. The van der Waals surface area contributed by atoms with Gasteiger partial charge in [-0.25, -0.2) is 4.39 Å². The van der Waals surface area contributed by atoms with Gasteiger partial charge in [0.15, 0.2) is 0 Å². The summed E-state index contributed by atoms with van der Waals surface area (Å²) in [6.45, 7) is 1.86. The molecule has 2 rings (SSSR count). The number of carbonyl (C=O) groups is 1. The van der Waals surface area contributed by atoms with Crippen LogP contribution in [0.15, 0.2) is 54.6 Å². The van der Waals surface area contributed by atoms with Crippen molar-refractivity contribution in [2.75, 3.05) is 13.7 Å². The zero-order chi connectivity index (χ0) is 17.6. The van der Waals surface area contributed by atoms with Gasteiger partial charge in [-0.1, -0.05) is 48.0 Å². The monoisotopic (exact) mass is 347 g/mol. The van der Waals surface area contributed by atoms with Crippen LogP contribution in [-0.4, -0.2) is 19.6 Å². The van der Waals surface area contributed by atoms with Crippen LogP contribution in [-0.2, 0) is 15.1 Å². The fourth-order valence-corrected chi connectivity index (χ4v) is 2.46. The second-order valence-electron chi connectivity index (χ2n) is 5.49. The second-order valence-corrected chi connectivity index (χ2v) is 5.89. The molecule has 1 atom stereocenters. The first-order valence-corrected chi connectivity index (χ1v) is 7.84. The Morgan fingerprint density at radius 1 is 1.25 bits per heavy atom. The van der Waals surface area contributed by atoms with E-state index in [4.69, 9.17) is 16.3 Å². The molecule has 0 fully saturated rings. The number of amides is 1. The van der Waals surface area contributed by atoms with Gasteiger partial charge in [0.25, 0.3) is 0 Å². The molecule has 5 heteroatoms. The van der Waals surface area contributed by atoms with Gasteiger partial charge in [-0.2, -0.15) is 0 Å². The minimum Gasteiger partial charge on any atom is -0.372 e. The van der Waals surface area contributed by atoms with Crippen LogP contribution in [0.5, 0.6) is 0 Å². The molecule has 0 bridgehead atoms. The van der Waals surface area contributed by atoms with Crippen LogP contribution in [0.3, 0.4) is 0 Å². The molecule has 0 spiro atoms. The highest BCUT2D eigenvalue weighted by Crippen LogP contribution is 2.26. The third-order valence-electron chi connectivity index (χ3n) is 3.81. The molecule has 1 unspecified atom stereocenters. The van der Waals surface area contributed by atoms with Crippen molar-refractivity contribution in [2.45, 2.75) is 12.5 Å². The summed E-state index contributed by atoms with van der Waals surface area (Å²) in [5.41, 5.74) is 0.181. The lowest BCUT2D eigenvalue weighted by molar-refractivity contribution is -0.118. The second kappa shape index (κ2) is 8.08. The lowest BCUT2D eigenvalue weighted by Crippen LogP contribution is -2.40. The summed E-state index contributed by atoms with van der Waals surface area (Å²) in [6, 6.07) is 13.6. The maximum absolute atomic E-state index is 14.0. The van der Waals surface area contributed by atoms with Crippen LogP contribution in [0.2, 0.25) is 5.02 Å². The summed E-state index contributed by atoms with van der Waals surface area (Å²) in [5.74, 6) is -0.683. The van der Waals surface area contributed by atoms with Crippen LogP contribution in [0, 0.1) is 5.82 Å². The highest BCUT2D eigenvalue weighted by atomic mass is 35.5. The Kier molecular flexibility index (Phi) is 6.12. The molecule has 2 aromatic rings. The number of halogens is 2. The molecule has 0 aliphatic rings. The zero-order valence-corrected chi connectivity index (χ0v) is 14.3. The molecule has 1 amide bonds. The Labute approximate surface area is 146 Å². The highest BCUT2D eigenvalue weighted by Gasteiger charge is 2.29.